The van der Waals surface area contributed by atoms with E-state index in [0.717, 1.165) is 32.1 Å². The van der Waals surface area contributed by atoms with Crippen LogP contribution in [0, 0.1) is 5.92 Å². The molecule has 0 unspecified atom stereocenters. The quantitative estimate of drug-likeness (QED) is 0.565. The molecule has 3 nitrogen and oxygen atoms in total. The molecule has 1 fully saturated rings. The fourth-order valence-electron chi connectivity index (χ4n) is 3.05. The first-order valence-corrected chi connectivity index (χ1v) is 9.06. The number of hydrogen-bond acceptors (Lipinski definition) is 3. The predicted octanol–water partition coefficient (Wildman–Crippen LogP) is 5.07. The molecule has 1 aliphatic rings. The number of likely N-dealkylation sites (tertiary alicyclic amines) is 1. The largest absolute Gasteiger partial charge is 0.309 e. The van der Waals surface area contributed by atoms with E-state index in [1.54, 1.807) is 18.2 Å². The third-order valence-electron chi connectivity index (χ3n) is 4.58. The topological polar surface area (TPSA) is 23.6 Å². The molecule has 0 aromatic heterocycles. The van der Waals surface area contributed by atoms with Crippen LogP contribution in [0.25, 0.3) is 0 Å². The molecule has 1 heterocycles. The summed E-state index contributed by atoms with van der Waals surface area (Å²) in [5.41, 5.74) is 0.580. The Bertz CT molecular complexity index is 532. The van der Waals surface area contributed by atoms with Crippen molar-refractivity contribution in [1.82, 2.24) is 9.80 Å². The Kier molecular flexibility index (Phi) is 12.4. The van der Waals surface area contributed by atoms with Crippen LogP contribution in [0.4, 0.5) is 0 Å². The van der Waals surface area contributed by atoms with Crippen LogP contribution < -0.4 is 0 Å². The number of Topliss-reactive ketones (excluding diaryl/α,β-unsaturated/α-hetero) is 1. The van der Waals surface area contributed by atoms with Crippen molar-refractivity contribution in [1.29, 1.82) is 0 Å². The number of carbonyl (C=O) groups excluding carboxylic acids is 1. The van der Waals surface area contributed by atoms with Gasteiger partial charge in [-0.3, -0.25) is 4.79 Å². The summed E-state index contributed by atoms with van der Waals surface area (Å²) in [6, 6.07) is 5.07. The number of carbonyl (C=O) groups is 1. The zero-order valence-electron chi connectivity index (χ0n) is 14.8. The molecule has 1 saturated heterocycles. The van der Waals surface area contributed by atoms with Gasteiger partial charge < -0.3 is 9.80 Å². The summed E-state index contributed by atoms with van der Waals surface area (Å²) in [5.74, 6) is 0.927. The Labute approximate surface area is 173 Å². The highest BCUT2D eigenvalue weighted by molar-refractivity contribution is 6.36. The van der Waals surface area contributed by atoms with Gasteiger partial charge in [0.2, 0.25) is 0 Å². The smallest absolute Gasteiger partial charge is 0.165 e. The molecule has 0 spiro atoms. The summed E-state index contributed by atoms with van der Waals surface area (Å²) >= 11 is 12.0. The van der Waals surface area contributed by atoms with Gasteiger partial charge in [0.05, 0.1) is 5.02 Å². The standard InChI is InChI=1S/C18H26Cl2N2O.2ClH/c1-21(2)9-5-14-6-10-22(11-7-14)12-8-18(23)16-4-3-15(19)13-17(16)20;;/h3-4,13-14H,5-12H2,1-2H3;2*1H. The summed E-state index contributed by atoms with van der Waals surface area (Å²) in [5, 5.41) is 1.01. The van der Waals surface area contributed by atoms with Crippen molar-refractivity contribution in [3.63, 3.8) is 0 Å². The summed E-state index contributed by atoms with van der Waals surface area (Å²) in [6.07, 6.45) is 4.28. The molecule has 144 valence electrons. The molecule has 0 N–H and O–H groups in total. The van der Waals surface area contributed by atoms with Crippen molar-refractivity contribution in [3.8, 4) is 0 Å². The molecule has 1 aliphatic heterocycles. The number of nitrogens with zero attached hydrogens (tertiary/aromatic N) is 2. The number of hydrogen-bond donors (Lipinski definition) is 0. The van der Waals surface area contributed by atoms with Crippen LogP contribution in [0.5, 0.6) is 0 Å². The maximum atomic E-state index is 12.3. The first kappa shape index (κ1) is 25.0. The van der Waals surface area contributed by atoms with Gasteiger partial charge in [0.1, 0.15) is 0 Å². The monoisotopic (exact) mass is 428 g/mol. The molecule has 0 amide bonds. The predicted molar refractivity (Wildman–Crippen MR) is 112 cm³/mol. The molecule has 7 heteroatoms. The second-order valence-electron chi connectivity index (χ2n) is 6.67. The molecule has 0 atom stereocenters. The van der Waals surface area contributed by atoms with Gasteiger partial charge in [-0.25, -0.2) is 0 Å². The maximum Gasteiger partial charge on any atom is 0.165 e. The molecule has 0 saturated carbocycles. The lowest BCUT2D eigenvalue weighted by atomic mass is 9.93. The summed E-state index contributed by atoms with van der Waals surface area (Å²) in [6.45, 7) is 4.18. The van der Waals surface area contributed by atoms with Crippen molar-refractivity contribution < 1.29 is 4.79 Å². The number of rotatable bonds is 7. The molecule has 0 aliphatic carbocycles. The Balaban J connectivity index is 0.00000288. The summed E-state index contributed by atoms with van der Waals surface area (Å²) in [7, 11) is 4.26. The van der Waals surface area contributed by atoms with Gasteiger partial charge in [0, 0.05) is 23.6 Å². The van der Waals surface area contributed by atoms with E-state index in [2.05, 4.69) is 23.9 Å². The van der Waals surface area contributed by atoms with Gasteiger partial charge in [-0.2, -0.15) is 0 Å². The lowest BCUT2D eigenvalue weighted by Crippen LogP contribution is -2.36. The van der Waals surface area contributed by atoms with Crippen LogP contribution in [-0.4, -0.2) is 55.9 Å². The van der Waals surface area contributed by atoms with Gasteiger partial charge in [-0.15, -0.1) is 24.8 Å². The minimum Gasteiger partial charge on any atom is -0.309 e. The van der Waals surface area contributed by atoms with Gasteiger partial charge in [0.15, 0.2) is 5.78 Å². The maximum absolute atomic E-state index is 12.3. The van der Waals surface area contributed by atoms with Crippen LogP contribution in [0.15, 0.2) is 18.2 Å². The lowest BCUT2D eigenvalue weighted by Gasteiger charge is -2.32. The molecular formula is C18H28Cl4N2O. The molecule has 0 radical (unpaired) electrons. The first-order chi connectivity index (χ1) is 11.0. The Hall–Kier alpha value is -0.0300. The Morgan fingerprint density at radius 3 is 2.40 bits per heavy atom. The van der Waals surface area contributed by atoms with Gasteiger partial charge >= 0.3 is 0 Å². The fraction of sp³-hybridized carbons (Fsp3) is 0.611. The average Bonchev–Trinajstić information content (AvgIpc) is 2.51. The van der Waals surface area contributed by atoms with Crippen molar-refractivity contribution in [2.24, 2.45) is 5.92 Å². The van der Waals surface area contributed by atoms with Gasteiger partial charge in [-0.1, -0.05) is 23.2 Å². The Morgan fingerprint density at radius 1 is 1.20 bits per heavy atom. The number of benzene rings is 1. The van der Waals surface area contributed by atoms with E-state index >= 15 is 0 Å². The normalized spacial score (nSPS) is 15.6. The lowest BCUT2D eigenvalue weighted by molar-refractivity contribution is 0.0949. The second kappa shape index (κ2) is 12.4. The van der Waals surface area contributed by atoms with Crippen LogP contribution in [0.2, 0.25) is 10.0 Å². The SMILES string of the molecule is CN(C)CCC1CCN(CCC(=O)c2ccc(Cl)cc2Cl)CC1.Cl.Cl. The zero-order chi connectivity index (χ0) is 16.8. The van der Waals surface area contributed by atoms with Crippen LogP contribution in [0.3, 0.4) is 0 Å². The van der Waals surface area contributed by atoms with Crippen LogP contribution in [-0.2, 0) is 0 Å². The minimum absolute atomic E-state index is 0. The highest BCUT2D eigenvalue weighted by atomic mass is 35.5. The van der Waals surface area contributed by atoms with Gasteiger partial charge in [0.25, 0.3) is 0 Å². The van der Waals surface area contributed by atoms with E-state index in [1.807, 2.05) is 0 Å². The fourth-order valence-corrected chi connectivity index (χ4v) is 3.56. The molecular weight excluding hydrogens is 402 g/mol. The van der Waals surface area contributed by atoms with Crippen molar-refractivity contribution >= 4 is 53.8 Å². The van der Waals surface area contributed by atoms with Crippen molar-refractivity contribution in [3.05, 3.63) is 33.8 Å². The van der Waals surface area contributed by atoms with Gasteiger partial charge in [-0.05, 0) is 77.1 Å². The molecule has 1 aromatic carbocycles. The second-order valence-corrected chi connectivity index (χ2v) is 7.52. The third-order valence-corrected chi connectivity index (χ3v) is 5.13. The van der Waals surface area contributed by atoms with E-state index in [1.165, 1.54) is 19.3 Å². The van der Waals surface area contributed by atoms with E-state index in [4.69, 9.17) is 23.2 Å². The number of piperidine rings is 1. The van der Waals surface area contributed by atoms with E-state index in [0.29, 0.717) is 22.0 Å². The van der Waals surface area contributed by atoms with E-state index < -0.39 is 0 Å². The highest BCUT2D eigenvalue weighted by Crippen LogP contribution is 2.23. The number of ketones is 1. The third kappa shape index (κ3) is 8.47. The molecule has 25 heavy (non-hydrogen) atoms. The summed E-state index contributed by atoms with van der Waals surface area (Å²) in [4.78, 5) is 16.9. The van der Waals surface area contributed by atoms with Crippen molar-refractivity contribution in [2.45, 2.75) is 25.7 Å². The average molecular weight is 430 g/mol. The van der Waals surface area contributed by atoms with Crippen LogP contribution >= 0.6 is 48.0 Å². The Morgan fingerprint density at radius 2 is 1.84 bits per heavy atom. The van der Waals surface area contributed by atoms with Crippen molar-refractivity contribution in [2.75, 3.05) is 40.3 Å². The molecule has 1 aromatic rings. The van der Waals surface area contributed by atoms with E-state index in [9.17, 15) is 4.79 Å². The molecule has 2 rings (SSSR count). The van der Waals surface area contributed by atoms with Crippen LogP contribution in [0.1, 0.15) is 36.0 Å². The first-order valence-electron chi connectivity index (χ1n) is 8.31. The summed E-state index contributed by atoms with van der Waals surface area (Å²) < 4.78 is 0. The van der Waals surface area contributed by atoms with E-state index in [-0.39, 0.29) is 30.6 Å². The zero-order valence-corrected chi connectivity index (χ0v) is 18.0. The highest BCUT2D eigenvalue weighted by Gasteiger charge is 2.20. The number of halogens is 4. The minimum atomic E-state index is 0. The molecule has 0 bridgehead atoms.